The molecule has 0 radical (unpaired) electrons. The second kappa shape index (κ2) is 15.1. The average Bonchev–Trinajstić information content (AvgIpc) is 3.36. The Bertz CT molecular complexity index is 869. The fourth-order valence-electron chi connectivity index (χ4n) is 5.09. The first-order valence-corrected chi connectivity index (χ1v) is 13.6. The van der Waals surface area contributed by atoms with E-state index in [0.717, 1.165) is 69.5 Å². The number of anilines is 1. The minimum atomic E-state index is -0.758. The summed E-state index contributed by atoms with van der Waals surface area (Å²) in [6, 6.07) is 3.44. The van der Waals surface area contributed by atoms with Crippen molar-refractivity contribution in [1.82, 2.24) is 20.1 Å². The molecule has 10 heteroatoms. The van der Waals surface area contributed by atoms with Gasteiger partial charge in [0.2, 0.25) is 0 Å². The fourth-order valence-corrected chi connectivity index (χ4v) is 5.09. The Hall–Kier alpha value is -2.46. The van der Waals surface area contributed by atoms with E-state index in [1.807, 2.05) is 6.92 Å². The number of carbonyl (C=O) groups is 2. The SMILES string of the molecule is COC(=O)C(CCN(CCCCc1ccc2c(n1)NCCC2)CC(CF)OC)NC(=O)N1CCCC1C. The van der Waals surface area contributed by atoms with Crippen molar-refractivity contribution in [2.75, 3.05) is 58.9 Å². The van der Waals surface area contributed by atoms with Gasteiger partial charge in [0.25, 0.3) is 0 Å². The summed E-state index contributed by atoms with van der Waals surface area (Å²) in [6.45, 7) is 4.75. The van der Waals surface area contributed by atoms with E-state index in [0.29, 0.717) is 26.1 Å². The van der Waals surface area contributed by atoms with Gasteiger partial charge in [0.15, 0.2) is 0 Å². The third-order valence-corrected chi connectivity index (χ3v) is 7.41. The van der Waals surface area contributed by atoms with Crippen LogP contribution in [0.25, 0.3) is 0 Å². The van der Waals surface area contributed by atoms with Gasteiger partial charge in [0, 0.05) is 45.0 Å². The van der Waals surface area contributed by atoms with Crippen molar-refractivity contribution < 1.29 is 23.5 Å². The second-order valence-corrected chi connectivity index (χ2v) is 10.1. The van der Waals surface area contributed by atoms with Crippen LogP contribution in [0.3, 0.4) is 0 Å². The topological polar surface area (TPSA) is 96.0 Å². The number of hydrogen-bond donors (Lipinski definition) is 2. The predicted molar refractivity (Wildman–Crippen MR) is 142 cm³/mol. The fraction of sp³-hybridized carbons (Fsp3) is 0.741. The Labute approximate surface area is 220 Å². The molecule has 9 nitrogen and oxygen atoms in total. The summed E-state index contributed by atoms with van der Waals surface area (Å²) in [5.41, 5.74) is 2.35. The number of ether oxygens (including phenoxy) is 2. The molecule has 1 fully saturated rings. The molecule has 1 saturated heterocycles. The van der Waals surface area contributed by atoms with E-state index in [1.165, 1.54) is 19.8 Å². The first-order valence-electron chi connectivity index (χ1n) is 13.6. The number of fused-ring (bicyclic) bond motifs is 1. The van der Waals surface area contributed by atoms with Crippen molar-refractivity contribution in [2.24, 2.45) is 0 Å². The third kappa shape index (κ3) is 8.81. The maximum absolute atomic E-state index is 13.4. The highest BCUT2D eigenvalue weighted by molar-refractivity contribution is 5.83. The van der Waals surface area contributed by atoms with Crippen LogP contribution >= 0.6 is 0 Å². The summed E-state index contributed by atoms with van der Waals surface area (Å²) in [4.78, 5) is 33.8. The Morgan fingerprint density at radius 2 is 2.11 bits per heavy atom. The molecule has 2 aliphatic rings. The average molecular weight is 522 g/mol. The van der Waals surface area contributed by atoms with Gasteiger partial charge in [-0.25, -0.2) is 19.0 Å². The van der Waals surface area contributed by atoms with Gasteiger partial charge in [-0.3, -0.25) is 0 Å². The highest BCUT2D eigenvalue weighted by Gasteiger charge is 2.29. The number of esters is 1. The summed E-state index contributed by atoms with van der Waals surface area (Å²) >= 11 is 0. The Balaban J connectivity index is 1.53. The number of urea groups is 1. The first kappa shape index (κ1) is 29.1. The van der Waals surface area contributed by atoms with Gasteiger partial charge < -0.3 is 29.9 Å². The van der Waals surface area contributed by atoms with Crippen LogP contribution in [0.1, 0.15) is 56.7 Å². The molecule has 2 amide bonds. The van der Waals surface area contributed by atoms with Crippen molar-refractivity contribution in [3.63, 3.8) is 0 Å². The highest BCUT2D eigenvalue weighted by atomic mass is 19.1. The summed E-state index contributed by atoms with van der Waals surface area (Å²) < 4.78 is 23.7. The van der Waals surface area contributed by atoms with E-state index >= 15 is 0 Å². The van der Waals surface area contributed by atoms with Crippen molar-refractivity contribution in [3.8, 4) is 0 Å². The molecule has 208 valence electrons. The van der Waals surface area contributed by atoms with Crippen molar-refractivity contribution >= 4 is 17.8 Å². The zero-order valence-corrected chi connectivity index (χ0v) is 22.6. The summed E-state index contributed by atoms with van der Waals surface area (Å²) in [5, 5.41) is 6.24. The Kier molecular flexibility index (Phi) is 11.9. The number of methoxy groups -OCH3 is 2. The van der Waals surface area contributed by atoms with Crippen LogP contribution in [0.5, 0.6) is 0 Å². The van der Waals surface area contributed by atoms with Crippen LogP contribution in [0.15, 0.2) is 12.1 Å². The molecule has 0 aliphatic carbocycles. The van der Waals surface area contributed by atoms with Crippen LogP contribution in [-0.2, 0) is 27.1 Å². The lowest BCUT2D eigenvalue weighted by Gasteiger charge is -2.29. The van der Waals surface area contributed by atoms with Crippen LogP contribution < -0.4 is 10.6 Å². The number of nitrogens with one attached hydrogen (secondary N) is 2. The van der Waals surface area contributed by atoms with Gasteiger partial charge in [-0.1, -0.05) is 6.07 Å². The molecule has 0 saturated carbocycles. The number of aromatic nitrogens is 1. The van der Waals surface area contributed by atoms with E-state index < -0.39 is 24.8 Å². The highest BCUT2D eigenvalue weighted by Crippen LogP contribution is 2.20. The van der Waals surface area contributed by atoms with E-state index in [9.17, 15) is 14.0 Å². The normalized spacial score (nSPS) is 18.7. The maximum atomic E-state index is 13.4. The molecule has 3 rings (SSSR count). The number of alkyl halides is 1. The van der Waals surface area contributed by atoms with Crippen LogP contribution in [0, 0.1) is 0 Å². The van der Waals surface area contributed by atoms with Crippen LogP contribution in [-0.4, -0.2) is 98.6 Å². The zero-order chi connectivity index (χ0) is 26.6. The molecule has 0 spiro atoms. The van der Waals surface area contributed by atoms with Gasteiger partial charge in [-0.2, -0.15) is 0 Å². The Morgan fingerprint density at radius 1 is 1.27 bits per heavy atom. The van der Waals surface area contributed by atoms with Crippen molar-refractivity contribution in [3.05, 3.63) is 23.4 Å². The van der Waals surface area contributed by atoms with E-state index in [1.54, 1.807) is 4.90 Å². The monoisotopic (exact) mass is 521 g/mol. The third-order valence-electron chi connectivity index (χ3n) is 7.41. The first-order chi connectivity index (χ1) is 17.9. The lowest BCUT2D eigenvalue weighted by atomic mass is 10.1. The molecule has 0 aromatic carbocycles. The molecular formula is C27H44FN5O4. The molecule has 3 unspecified atom stereocenters. The van der Waals surface area contributed by atoms with Crippen molar-refractivity contribution in [1.29, 1.82) is 0 Å². The predicted octanol–water partition coefficient (Wildman–Crippen LogP) is 3.17. The van der Waals surface area contributed by atoms with E-state index in [-0.39, 0.29) is 12.1 Å². The lowest BCUT2D eigenvalue weighted by Crippen LogP contribution is -2.50. The van der Waals surface area contributed by atoms with Crippen LogP contribution in [0.2, 0.25) is 0 Å². The van der Waals surface area contributed by atoms with E-state index in [4.69, 9.17) is 14.5 Å². The maximum Gasteiger partial charge on any atom is 0.328 e. The number of halogens is 1. The lowest BCUT2D eigenvalue weighted by molar-refractivity contribution is -0.143. The molecule has 37 heavy (non-hydrogen) atoms. The summed E-state index contributed by atoms with van der Waals surface area (Å²) in [5.74, 6) is 0.538. The molecular weight excluding hydrogens is 477 g/mol. The number of unbranched alkanes of at least 4 members (excludes halogenated alkanes) is 1. The number of nitrogens with zero attached hydrogens (tertiary/aromatic N) is 3. The largest absolute Gasteiger partial charge is 0.467 e. The Morgan fingerprint density at radius 3 is 2.81 bits per heavy atom. The number of aryl methyl sites for hydroxylation is 2. The standard InChI is InChI=1S/C27H44FN5O4/c1-20-8-7-16-33(20)27(35)31-24(26(34)37-3)13-17-32(19-23(18-28)36-2)15-5-4-10-22-12-11-21-9-6-14-29-25(21)30-22/h11-12,20,23-24H,4-10,13-19H2,1-3H3,(H,29,30)(H,31,35). The molecule has 1 aromatic heterocycles. The molecule has 3 heterocycles. The van der Waals surface area contributed by atoms with Gasteiger partial charge in [0.1, 0.15) is 18.5 Å². The number of pyridine rings is 1. The van der Waals surface area contributed by atoms with Gasteiger partial charge in [-0.05, 0) is 76.5 Å². The number of hydrogen-bond acceptors (Lipinski definition) is 7. The number of rotatable bonds is 14. The molecule has 2 N–H and O–H groups in total. The molecule has 0 bridgehead atoms. The van der Waals surface area contributed by atoms with Crippen LogP contribution in [0.4, 0.5) is 15.0 Å². The molecule has 1 aromatic rings. The molecule has 2 aliphatic heterocycles. The number of carbonyl (C=O) groups excluding carboxylic acids is 2. The number of amides is 2. The molecule has 3 atom stereocenters. The smallest absolute Gasteiger partial charge is 0.328 e. The summed E-state index contributed by atoms with van der Waals surface area (Å²) in [6.07, 6.45) is 6.69. The van der Waals surface area contributed by atoms with Gasteiger partial charge >= 0.3 is 12.0 Å². The second-order valence-electron chi connectivity index (χ2n) is 10.1. The minimum Gasteiger partial charge on any atom is -0.467 e. The van der Waals surface area contributed by atoms with Crippen molar-refractivity contribution in [2.45, 2.75) is 76.5 Å². The number of likely N-dealkylation sites (tertiary alicyclic amines) is 1. The quantitative estimate of drug-likeness (QED) is 0.287. The minimum absolute atomic E-state index is 0.155. The summed E-state index contributed by atoms with van der Waals surface area (Å²) in [7, 11) is 2.83. The van der Waals surface area contributed by atoms with Gasteiger partial charge in [-0.15, -0.1) is 0 Å². The van der Waals surface area contributed by atoms with Gasteiger partial charge in [0.05, 0.1) is 13.2 Å². The zero-order valence-electron chi connectivity index (χ0n) is 22.6. The van der Waals surface area contributed by atoms with E-state index in [2.05, 4.69) is 27.7 Å².